The molecule has 2 rings (SSSR count). The normalized spacial score (nSPS) is 10.9. The van der Waals surface area contributed by atoms with Crippen molar-refractivity contribution in [2.75, 3.05) is 0 Å². The first-order valence-corrected chi connectivity index (χ1v) is 6.21. The van der Waals surface area contributed by atoms with Gasteiger partial charge in [-0.1, -0.05) is 0 Å². The average molecular weight is 262 g/mol. The molecule has 102 valence electrons. The van der Waals surface area contributed by atoms with Crippen molar-refractivity contribution in [2.45, 2.75) is 40.3 Å². The molecule has 2 aromatic heterocycles. The number of carboxylic acid groups (broad SMARTS) is 1. The lowest BCUT2D eigenvalue weighted by molar-refractivity contribution is -0.136. The average Bonchev–Trinajstić information content (AvgIpc) is 2.85. The van der Waals surface area contributed by atoms with Gasteiger partial charge in [-0.05, 0) is 20.8 Å². The SMILES string of the molecule is Cc1nn(CCn2ccnc2C)c(C)c1CC(=O)O. The van der Waals surface area contributed by atoms with Crippen LogP contribution in [-0.2, 0) is 24.3 Å². The van der Waals surface area contributed by atoms with E-state index in [0.717, 1.165) is 29.3 Å². The highest BCUT2D eigenvalue weighted by molar-refractivity contribution is 5.70. The highest BCUT2D eigenvalue weighted by Gasteiger charge is 2.14. The van der Waals surface area contributed by atoms with Crippen LogP contribution >= 0.6 is 0 Å². The maximum absolute atomic E-state index is 10.8. The Labute approximate surface area is 111 Å². The lowest BCUT2D eigenvalue weighted by Gasteiger charge is -2.07. The van der Waals surface area contributed by atoms with Crippen LogP contribution in [0.25, 0.3) is 0 Å². The first-order chi connectivity index (χ1) is 8.99. The number of hydrogen-bond donors (Lipinski definition) is 1. The zero-order chi connectivity index (χ0) is 14.0. The van der Waals surface area contributed by atoms with E-state index in [9.17, 15) is 4.79 Å². The van der Waals surface area contributed by atoms with Gasteiger partial charge in [0, 0.05) is 30.2 Å². The maximum Gasteiger partial charge on any atom is 0.307 e. The van der Waals surface area contributed by atoms with Crippen molar-refractivity contribution in [1.29, 1.82) is 0 Å². The van der Waals surface area contributed by atoms with Gasteiger partial charge in [-0.2, -0.15) is 5.10 Å². The third-order valence-corrected chi connectivity index (χ3v) is 3.34. The fourth-order valence-corrected chi connectivity index (χ4v) is 2.20. The van der Waals surface area contributed by atoms with Crippen LogP contribution < -0.4 is 0 Å². The molecule has 0 bridgehead atoms. The first-order valence-electron chi connectivity index (χ1n) is 6.21. The Balaban J connectivity index is 2.13. The number of carboxylic acids is 1. The number of aromatic nitrogens is 4. The van der Waals surface area contributed by atoms with Crippen molar-refractivity contribution in [3.63, 3.8) is 0 Å². The summed E-state index contributed by atoms with van der Waals surface area (Å²) in [5.41, 5.74) is 2.54. The molecular weight excluding hydrogens is 244 g/mol. The van der Waals surface area contributed by atoms with Crippen LogP contribution in [0.5, 0.6) is 0 Å². The van der Waals surface area contributed by atoms with E-state index in [4.69, 9.17) is 5.11 Å². The molecule has 6 nitrogen and oxygen atoms in total. The maximum atomic E-state index is 10.8. The van der Waals surface area contributed by atoms with Crippen molar-refractivity contribution in [3.05, 3.63) is 35.2 Å². The number of nitrogens with zero attached hydrogens (tertiary/aromatic N) is 4. The summed E-state index contributed by atoms with van der Waals surface area (Å²) in [5.74, 6) is 0.142. The van der Waals surface area contributed by atoms with Crippen LogP contribution in [0.3, 0.4) is 0 Å². The summed E-state index contributed by atoms with van der Waals surface area (Å²) in [5, 5.41) is 13.3. The molecule has 0 unspecified atom stereocenters. The predicted octanol–water partition coefficient (Wildman–Crippen LogP) is 1.33. The van der Waals surface area contributed by atoms with Crippen LogP contribution in [0.15, 0.2) is 12.4 Å². The number of aryl methyl sites for hydroxylation is 4. The van der Waals surface area contributed by atoms with Crippen LogP contribution in [-0.4, -0.2) is 30.4 Å². The van der Waals surface area contributed by atoms with Gasteiger partial charge >= 0.3 is 5.97 Å². The highest BCUT2D eigenvalue weighted by atomic mass is 16.4. The van der Waals surface area contributed by atoms with E-state index >= 15 is 0 Å². The minimum atomic E-state index is -0.823. The molecule has 1 N–H and O–H groups in total. The molecule has 0 aromatic carbocycles. The molecule has 0 fully saturated rings. The van der Waals surface area contributed by atoms with Crippen molar-refractivity contribution in [3.8, 4) is 0 Å². The van der Waals surface area contributed by atoms with Gasteiger partial charge in [-0.3, -0.25) is 9.48 Å². The lowest BCUT2D eigenvalue weighted by atomic mass is 10.1. The van der Waals surface area contributed by atoms with Crippen molar-refractivity contribution >= 4 is 5.97 Å². The molecule has 0 aliphatic carbocycles. The summed E-state index contributed by atoms with van der Waals surface area (Å²) in [6, 6.07) is 0. The second-order valence-corrected chi connectivity index (χ2v) is 4.61. The standard InChI is InChI=1S/C13H18N4O2/c1-9-12(8-13(18)19)10(2)17(15-9)7-6-16-5-4-14-11(16)3/h4-5H,6-8H2,1-3H3,(H,18,19). The van der Waals surface area contributed by atoms with Gasteiger partial charge in [0.2, 0.25) is 0 Å². The van der Waals surface area contributed by atoms with Gasteiger partial charge < -0.3 is 9.67 Å². The van der Waals surface area contributed by atoms with Crippen molar-refractivity contribution in [1.82, 2.24) is 19.3 Å². The molecule has 0 amide bonds. The number of imidazole rings is 1. The van der Waals surface area contributed by atoms with Gasteiger partial charge in [0.15, 0.2) is 0 Å². The van der Waals surface area contributed by atoms with Gasteiger partial charge in [-0.25, -0.2) is 4.98 Å². The Morgan fingerprint density at radius 1 is 1.32 bits per heavy atom. The quantitative estimate of drug-likeness (QED) is 0.882. The highest BCUT2D eigenvalue weighted by Crippen LogP contribution is 2.14. The Morgan fingerprint density at radius 2 is 2.05 bits per heavy atom. The second-order valence-electron chi connectivity index (χ2n) is 4.61. The molecule has 0 aliphatic rings. The number of hydrogen-bond acceptors (Lipinski definition) is 3. The number of carbonyl (C=O) groups is 1. The zero-order valence-electron chi connectivity index (χ0n) is 11.4. The lowest BCUT2D eigenvalue weighted by Crippen LogP contribution is -2.11. The van der Waals surface area contributed by atoms with E-state index in [1.165, 1.54) is 0 Å². The summed E-state index contributed by atoms with van der Waals surface area (Å²) >= 11 is 0. The van der Waals surface area contributed by atoms with Crippen molar-refractivity contribution < 1.29 is 9.90 Å². The molecule has 0 aliphatic heterocycles. The fraction of sp³-hybridized carbons (Fsp3) is 0.462. The van der Waals surface area contributed by atoms with E-state index in [1.54, 1.807) is 6.20 Å². The molecule has 0 atom stereocenters. The topological polar surface area (TPSA) is 72.9 Å². The fourth-order valence-electron chi connectivity index (χ4n) is 2.20. The molecule has 0 spiro atoms. The second kappa shape index (κ2) is 5.26. The van der Waals surface area contributed by atoms with E-state index in [1.807, 2.05) is 36.2 Å². The molecule has 19 heavy (non-hydrogen) atoms. The monoisotopic (exact) mass is 262 g/mol. The Morgan fingerprint density at radius 3 is 2.63 bits per heavy atom. The minimum Gasteiger partial charge on any atom is -0.481 e. The van der Waals surface area contributed by atoms with Crippen LogP contribution in [0.2, 0.25) is 0 Å². The smallest absolute Gasteiger partial charge is 0.307 e. The van der Waals surface area contributed by atoms with E-state index in [0.29, 0.717) is 6.54 Å². The summed E-state index contributed by atoms with van der Waals surface area (Å²) in [6.07, 6.45) is 3.73. The van der Waals surface area contributed by atoms with Crippen LogP contribution in [0.4, 0.5) is 0 Å². The molecule has 2 heterocycles. The van der Waals surface area contributed by atoms with Crippen LogP contribution in [0.1, 0.15) is 22.8 Å². The summed E-state index contributed by atoms with van der Waals surface area (Å²) in [6.45, 7) is 7.21. The summed E-state index contributed by atoms with van der Waals surface area (Å²) in [7, 11) is 0. The molecule has 0 saturated carbocycles. The Bertz CT molecular complexity index is 598. The molecule has 0 saturated heterocycles. The van der Waals surface area contributed by atoms with Crippen LogP contribution in [0, 0.1) is 20.8 Å². The number of aliphatic carboxylic acids is 1. The van der Waals surface area contributed by atoms with E-state index in [2.05, 4.69) is 10.1 Å². The third-order valence-electron chi connectivity index (χ3n) is 3.34. The summed E-state index contributed by atoms with van der Waals surface area (Å²) in [4.78, 5) is 15.0. The largest absolute Gasteiger partial charge is 0.481 e. The molecule has 6 heteroatoms. The summed E-state index contributed by atoms with van der Waals surface area (Å²) < 4.78 is 3.92. The Hall–Kier alpha value is -2.11. The zero-order valence-corrected chi connectivity index (χ0v) is 11.4. The molecule has 0 radical (unpaired) electrons. The molecule has 2 aromatic rings. The molecular formula is C13H18N4O2. The minimum absolute atomic E-state index is 0.0295. The number of rotatable bonds is 5. The first kappa shape index (κ1) is 13.3. The van der Waals surface area contributed by atoms with Crippen molar-refractivity contribution in [2.24, 2.45) is 0 Å². The van der Waals surface area contributed by atoms with Gasteiger partial charge in [0.1, 0.15) is 5.82 Å². The van der Waals surface area contributed by atoms with Gasteiger partial charge in [0.05, 0.1) is 18.7 Å². The third kappa shape index (κ3) is 2.83. The van der Waals surface area contributed by atoms with E-state index < -0.39 is 5.97 Å². The van der Waals surface area contributed by atoms with E-state index in [-0.39, 0.29) is 6.42 Å². The Kier molecular flexibility index (Phi) is 3.69. The van der Waals surface area contributed by atoms with Gasteiger partial charge in [-0.15, -0.1) is 0 Å². The van der Waals surface area contributed by atoms with Gasteiger partial charge in [0.25, 0.3) is 0 Å². The predicted molar refractivity (Wildman–Crippen MR) is 70.0 cm³/mol.